The molecule has 1 aliphatic carbocycles. The van der Waals surface area contributed by atoms with Gasteiger partial charge in [-0.1, -0.05) is 12.1 Å². The smallest absolute Gasteiger partial charge is 0.324 e. The Morgan fingerprint density at radius 3 is 2.26 bits per heavy atom. The Hall–Kier alpha value is -2.64. The van der Waals surface area contributed by atoms with E-state index in [1.54, 1.807) is 37.1 Å². The van der Waals surface area contributed by atoms with Crippen LogP contribution in [0.1, 0.15) is 50.7 Å². The first kappa shape index (κ1) is 26.0. The van der Waals surface area contributed by atoms with Crippen LogP contribution in [0.25, 0.3) is 0 Å². The van der Waals surface area contributed by atoms with E-state index in [0.717, 1.165) is 42.5 Å². The summed E-state index contributed by atoms with van der Waals surface area (Å²) in [6, 6.07) is 12.4. The molecule has 2 amide bonds. The van der Waals surface area contributed by atoms with Gasteiger partial charge in [0.05, 0.1) is 11.7 Å². The van der Waals surface area contributed by atoms with Crippen molar-refractivity contribution in [3.05, 3.63) is 59.4 Å². The third kappa shape index (κ3) is 5.88. The monoisotopic (exact) mass is 472 g/mol. The van der Waals surface area contributed by atoms with Crippen molar-refractivity contribution in [2.75, 3.05) is 39.3 Å². The van der Waals surface area contributed by atoms with Crippen LogP contribution in [0.2, 0.25) is 0 Å². The molecule has 7 heteroatoms. The van der Waals surface area contributed by atoms with E-state index in [4.69, 9.17) is 14.2 Å². The maximum absolute atomic E-state index is 14.5. The highest BCUT2D eigenvalue weighted by Crippen LogP contribution is 2.42. The Balaban J connectivity index is 1.68. The van der Waals surface area contributed by atoms with Crippen molar-refractivity contribution in [2.45, 2.75) is 57.8 Å². The molecule has 1 aliphatic rings. The number of carbonyl (C=O) groups excluding carboxylic acids is 1. The van der Waals surface area contributed by atoms with Gasteiger partial charge in [0.2, 0.25) is 0 Å². The predicted molar refractivity (Wildman–Crippen MR) is 132 cm³/mol. The standard InChI is InChI=1S/C27H37FN2O4/c1-6-30(7-2)26(31)29(3)23-10-8-20(9-11-23)19-34-25-17-21(16-22(28)18-25)27(33-5)14-12-24(32-4)13-15-27/h8-11,16-18,24H,6-7,12-15,19H2,1-5H3/t24-,27-. The fourth-order valence-electron chi connectivity index (χ4n) is 4.61. The van der Waals surface area contributed by atoms with Crippen molar-refractivity contribution in [2.24, 2.45) is 0 Å². The molecule has 0 spiro atoms. The second-order valence-electron chi connectivity index (χ2n) is 8.78. The van der Waals surface area contributed by atoms with E-state index < -0.39 is 5.60 Å². The van der Waals surface area contributed by atoms with Gasteiger partial charge in [0.25, 0.3) is 0 Å². The summed E-state index contributed by atoms with van der Waals surface area (Å²) in [5, 5.41) is 0. The topological polar surface area (TPSA) is 51.2 Å². The van der Waals surface area contributed by atoms with Crippen LogP contribution in [0, 0.1) is 5.82 Å². The minimum atomic E-state index is -0.529. The third-order valence-corrected chi connectivity index (χ3v) is 6.91. The van der Waals surface area contributed by atoms with E-state index in [9.17, 15) is 9.18 Å². The Labute approximate surface area is 202 Å². The number of nitrogens with zero attached hydrogens (tertiary/aromatic N) is 2. The fourth-order valence-corrected chi connectivity index (χ4v) is 4.61. The summed E-state index contributed by atoms with van der Waals surface area (Å²) in [5.74, 6) is 0.128. The van der Waals surface area contributed by atoms with Gasteiger partial charge in [0, 0.05) is 46.1 Å². The van der Waals surface area contributed by atoms with Gasteiger partial charge in [-0.25, -0.2) is 9.18 Å². The number of hydrogen-bond acceptors (Lipinski definition) is 4. The van der Waals surface area contributed by atoms with E-state index in [1.165, 1.54) is 6.07 Å². The van der Waals surface area contributed by atoms with Gasteiger partial charge in [-0.2, -0.15) is 0 Å². The van der Waals surface area contributed by atoms with Gasteiger partial charge in [-0.3, -0.25) is 4.90 Å². The van der Waals surface area contributed by atoms with E-state index in [0.29, 0.717) is 25.4 Å². The van der Waals surface area contributed by atoms with Gasteiger partial charge in [0.15, 0.2) is 0 Å². The second kappa shape index (κ2) is 11.7. The highest BCUT2D eigenvalue weighted by atomic mass is 19.1. The summed E-state index contributed by atoms with van der Waals surface area (Å²) in [5.41, 5.74) is 2.01. The zero-order valence-electron chi connectivity index (χ0n) is 21.0. The quantitative estimate of drug-likeness (QED) is 0.467. The predicted octanol–water partition coefficient (Wildman–Crippen LogP) is 5.73. The number of carbonyl (C=O) groups is 1. The van der Waals surface area contributed by atoms with E-state index in [-0.39, 0.29) is 18.0 Å². The fraction of sp³-hybridized carbons (Fsp3) is 0.519. The zero-order chi connectivity index (χ0) is 24.7. The van der Waals surface area contributed by atoms with Crippen molar-refractivity contribution in [3.8, 4) is 5.75 Å². The Bertz CT molecular complexity index is 938. The molecule has 6 nitrogen and oxygen atoms in total. The number of rotatable bonds is 9. The molecule has 0 aromatic heterocycles. The third-order valence-electron chi connectivity index (χ3n) is 6.91. The number of anilines is 1. The molecular formula is C27H37FN2O4. The molecule has 0 radical (unpaired) electrons. The van der Waals surface area contributed by atoms with E-state index >= 15 is 0 Å². The molecule has 1 fully saturated rings. The van der Waals surface area contributed by atoms with Gasteiger partial charge >= 0.3 is 6.03 Å². The lowest BCUT2D eigenvalue weighted by atomic mass is 9.78. The summed E-state index contributed by atoms with van der Waals surface area (Å²) in [6.07, 6.45) is 3.50. The lowest BCUT2D eigenvalue weighted by molar-refractivity contribution is -0.0764. The second-order valence-corrected chi connectivity index (χ2v) is 8.78. The van der Waals surface area contributed by atoms with Crippen LogP contribution in [-0.4, -0.2) is 51.4 Å². The van der Waals surface area contributed by atoms with Crippen molar-refractivity contribution >= 4 is 11.7 Å². The number of halogens is 1. The summed E-state index contributed by atoms with van der Waals surface area (Å²) in [6.45, 7) is 5.55. The molecule has 0 unspecified atom stereocenters. The molecule has 2 aromatic rings. The summed E-state index contributed by atoms with van der Waals surface area (Å²) in [4.78, 5) is 16.0. The number of benzene rings is 2. The normalized spacial score (nSPS) is 20.1. The number of ether oxygens (including phenoxy) is 3. The van der Waals surface area contributed by atoms with E-state index in [2.05, 4.69) is 0 Å². The summed E-state index contributed by atoms with van der Waals surface area (Å²) in [7, 11) is 5.18. The average Bonchev–Trinajstić information content (AvgIpc) is 2.87. The Morgan fingerprint density at radius 1 is 1.06 bits per heavy atom. The summed E-state index contributed by atoms with van der Waals surface area (Å²) < 4.78 is 31.8. The van der Waals surface area contributed by atoms with Crippen LogP contribution in [0.3, 0.4) is 0 Å². The highest BCUT2D eigenvalue weighted by Gasteiger charge is 2.37. The molecule has 0 atom stereocenters. The van der Waals surface area contributed by atoms with Crippen LogP contribution in [0.5, 0.6) is 5.75 Å². The van der Waals surface area contributed by atoms with Crippen molar-refractivity contribution < 1.29 is 23.4 Å². The van der Waals surface area contributed by atoms with Crippen LogP contribution in [-0.2, 0) is 21.7 Å². The van der Waals surface area contributed by atoms with Crippen LogP contribution in [0.15, 0.2) is 42.5 Å². The average molecular weight is 473 g/mol. The lowest BCUT2D eigenvalue weighted by Gasteiger charge is -2.39. The van der Waals surface area contributed by atoms with Crippen molar-refractivity contribution in [1.29, 1.82) is 0 Å². The van der Waals surface area contributed by atoms with Gasteiger partial charge in [-0.15, -0.1) is 0 Å². The lowest BCUT2D eigenvalue weighted by Crippen LogP contribution is -2.41. The Kier molecular flexibility index (Phi) is 8.91. The first-order valence-electron chi connectivity index (χ1n) is 12.0. The SMILES string of the molecule is CCN(CC)C(=O)N(C)c1ccc(COc2cc(F)cc([C@]3(OC)CC[C@H](OC)CC3)c2)cc1. The molecule has 0 saturated heterocycles. The van der Waals surface area contributed by atoms with Crippen LogP contribution in [0.4, 0.5) is 14.9 Å². The van der Waals surface area contributed by atoms with Crippen LogP contribution >= 0.6 is 0 Å². The number of urea groups is 1. The number of hydrogen-bond donors (Lipinski definition) is 0. The van der Waals surface area contributed by atoms with Gasteiger partial charge < -0.3 is 19.1 Å². The molecule has 186 valence electrons. The van der Waals surface area contributed by atoms with E-state index in [1.807, 2.05) is 44.2 Å². The van der Waals surface area contributed by atoms with Gasteiger partial charge in [-0.05, 0) is 74.9 Å². The molecule has 34 heavy (non-hydrogen) atoms. The minimum absolute atomic E-state index is 0.0344. The molecule has 0 N–H and O–H groups in total. The molecule has 0 heterocycles. The number of amides is 2. The molecule has 3 rings (SSSR count). The maximum atomic E-state index is 14.5. The minimum Gasteiger partial charge on any atom is -0.489 e. The Morgan fingerprint density at radius 2 is 1.71 bits per heavy atom. The van der Waals surface area contributed by atoms with Crippen molar-refractivity contribution in [1.82, 2.24) is 4.90 Å². The molecular weight excluding hydrogens is 435 g/mol. The summed E-state index contributed by atoms with van der Waals surface area (Å²) >= 11 is 0. The van der Waals surface area contributed by atoms with Crippen molar-refractivity contribution in [3.63, 3.8) is 0 Å². The largest absolute Gasteiger partial charge is 0.489 e. The van der Waals surface area contributed by atoms with Crippen LogP contribution < -0.4 is 9.64 Å². The molecule has 2 aromatic carbocycles. The first-order valence-corrected chi connectivity index (χ1v) is 12.0. The molecule has 0 aliphatic heterocycles. The maximum Gasteiger partial charge on any atom is 0.324 e. The molecule has 0 bridgehead atoms. The highest BCUT2D eigenvalue weighted by molar-refractivity contribution is 5.91. The number of methoxy groups -OCH3 is 2. The first-order chi connectivity index (χ1) is 16.4. The zero-order valence-corrected chi connectivity index (χ0v) is 21.0. The van der Waals surface area contributed by atoms with Gasteiger partial charge in [0.1, 0.15) is 18.2 Å². The molecule has 1 saturated carbocycles.